The van der Waals surface area contributed by atoms with Crippen LogP contribution in [0.15, 0.2) is 54.8 Å². The van der Waals surface area contributed by atoms with Crippen LogP contribution in [0.3, 0.4) is 0 Å². The van der Waals surface area contributed by atoms with Gasteiger partial charge in [-0.2, -0.15) is 0 Å². The Labute approximate surface area is 187 Å². The van der Waals surface area contributed by atoms with Gasteiger partial charge in [-0.1, -0.05) is 50.3 Å². The fourth-order valence-corrected chi connectivity index (χ4v) is 2.65. The summed E-state index contributed by atoms with van der Waals surface area (Å²) >= 11 is 0. The molecular weight excluding hydrogens is 390 g/mol. The van der Waals surface area contributed by atoms with Crippen LogP contribution in [0.1, 0.15) is 62.3 Å². The second kappa shape index (κ2) is 16.9. The van der Waals surface area contributed by atoms with Crippen LogP contribution in [-0.2, 0) is 16.1 Å². The molecule has 2 aromatic rings. The summed E-state index contributed by atoms with van der Waals surface area (Å²) in [5, 5.41) is 7.69. The molecule has 0 spiro atoms. The Balaban J connectivity index is 0.00000134. The molecule has 1 unspecified atom stereocenters. The van der Waals surface area contributed by atoms with Crippen molar-refractivity contribution < 1.29 is 19.4 Å². The van der Waals surface area contributed by atoms with Crippen molar-refractivity contribution in [3.05, 3.63) is 77.1 Å². The molecule has 0 aliphatic rings. The number of aryl methyl sites for hydroxylation is 2. The number of hydrogen-bond acceptors (Lipinski definition) is 5. The zero-order chi connectivity index (χ0) is 23.6. The minimum atomic E-state index is -0.215. The zero-order valence-corrected chi connectivity index (χ0v) is 19.9. The maximum atomic E-state index is 11.7. The van der Waals surface area contributed by atoms with Crippen LogP contribution in [-0.4, -0.2) is 24.2 Å². The quantitative estimate of drug-likeness (QED) is 0.398. The van der Waals surface area contributed by atoms with Gasteiger partial charge >= 0.3 is 5.97 Å². The van der Waals surface area contributed by atoms with E-state index >= 15 is 0 Å². The highest BCUT2D eigenvalue weighted by atomic mass is 16.5. The third-order valence-corrected chi connectivity index (χ3v) is 4.48. The molecule has 5 nitrogen and oxygen atoms in total. The van der Waals surface area contributed by atoms with E-state index in [2.05, 4.69) is 32.0 Å². The molecule has 3 N–H and O–H groups in total. The molecule has 2 aromatic carbocycles. The first kappa shape index (κ1) is 28.2. The zero-order valence-electron chi connectivity index (χ0n) is 19.9. The average Bonchev–Trinajstić information content (AvgIpc) is 2.80. The lowest BCUT2D eigenvalue weighted by Gasteiger charge is -2.15. The normalized spacial score (nSPS) is 10.9. The number of allylic oxidation sites excluding steroid dienone is 1. The molecule has 31 heavy (non-hydrogen) atoms. The third-order valence-electron chi connectivity index (χ3n) is 4.48. The van der Waals surface area contributed by atoms with Gasteiger partial charge in [0.05, 0.1) is 19.3 Å². The van der Waals surface area contributed by atoms with Gasteiger partial charge in [0.25, 0.3) is 0 Å². The Morgan fingerprint density at radius 2 is 1.71 bits per heavy atom. The molecule has 5 heteroatoms. The van der Waals surface area contributed by atoms with Gasteiger partial charge in [0.2, 0.25) is 0 Å². The maximum absolute atomic E-state index is 11.7. The molecule has 172 valence electrons. The number of aliphatic hydroxyl groups excluding tert-OH is 1. The van der Waals surface area contributed by atoms with Crippen molar-refractivity contribution in [1.29, 1.82) is 0 Å². The van der Waals surface area contributed by atoms with Crippen LogP contribution < -0.4 is 10.5 Å². The van der Waals surface area contributed by atoms with Crippen molar-refractivity contribution in [1.82, 2.24) is 0 Å². The molecule has 0 bridgehead atoms. The first-order chi connectivity index (χ1) is 14.9. The highest BCUT2D eigenvalue weighted by molar-refractivity contribution is 5.70. The summed E-state index contributed by atoms with van der Waals surface area (Å²) < 4.78 is 10.9. The van der Waals surface area contributed by atoms with Crippen LogP contribution in [0.25, 0.3) is 0 Å². The molecule has 0 amide bonds. The van der Waals surface area contributed by atoms with Crippen molar-refractivity contribution in [3.63, 3.8) is 0 Å². The predicted octanol–water partition coefficient (Wildman–Crippen LogP) is 5.98. The fourth-order valence-electron chi connectivity index (χ4n) is 2.65. The largest absolute Gasteiger partial charge is 0.516 e. The summed E-state index contributed by atoms with van der Waals surface area (Å²) in [7, 11) is 0. The number of nitrogens with two attached hydrogens (primary N) is 1. The number of esters is 1. The number of hydrogen-bond donors (Lipinski definition) is 2. The standard InChI is InChI=1S/C21H27NO3.C3H6O.C2H6/c1-4-24-21(23)12-19(13-22)18-7-9-20(10-8-18)25-14-17-6-5-15(2)16(3)11-17;1-2-3-4;1-2/h5-11,19H,4,12-14,22H2,1-3H3;2-4H,1H3;1-2H3/b;3-2-;. The van der Waals surface area contributed by atoms with E-state index in [9.17, 15) is 4.79 Å². The van der Waals surface area contributed by atoms with Crippen LogP contribution in [0, 0.1) is 13.8 Å². The first-order valence-corrected chi connectivity index (χ1v) is 10.8. The van der Waals surface area contributed by atoms with Gasteiger partial charge in [0.1, 0.15) is 12.4 Å². The average molecular weight is 430 g/mol. The summed E-state index contributed by atoms with van der Waals surface area (Å²) in [6.45, 7) is 13.1. The van der Waals surface area contributed by atoms with Gasteiger partial charge < -0.3 is 20.3 Å². The molecule has 0 saturated carbocycles. The van der Waals surface area contributed by atoms with Crippen LogP contribution in [0.2, 0.25) is 0 Å². The van der Waals surface area contributed by atoms with Gasteiger partial charge in [0.15, 0.2) is 0 Å². The van der Waals surface area contributed by atoms with E-state index in [1.165, 1.54) is 11.1 Å². The highest BCUT2D eigenvalue weighted by Gasteiger charge is 2.15. The van der Waals surface area contributed by atoms with Crippen molar-refractivity contribution in [2.45, 2.75) is 60.5 Å². The summed E-state index contributed by atoms with van der Waals surface area (Å²) in [6, 6.07) is 14.1. The number of ether oxygens (including phenoxy) is 2. The van der Waals surface area contributed by atoms with E-state index in [1.54, 1.807) is 19.9 Å². The Kier molecular flexibility index (Phi) is 15.4. The lowest BCUT2D eigenvalue weighted by atomic mass is 9.96. The van der Waals surface area contributed by atoms with E-state index in [-0.39, 0.29) is 11.9 Å². The lowest BCUT2D eigenvalue weighted by molar-refractivity contribution is -0.143. The van der Waals surface area contributed by atoms with E-state index in [4.69, 9.17) is 20.3 Å². The topological polar surface area (TPSA) is 81.8 Å². The fraction of sp³-hybridized carbons (Fsp3) is 0.423. The molecule has 2 rings (SSSR count). The van der Waals surface area contributed by atoms with Gasteiger partial charge in [-0.3, -0.25) is 4.79 Å². The number of carbonyl (C=O) groups is 1. The van der Waals surface area contributed by atoms with E-state index in [0.717, 1.165) is 23.1 Å². The molecule has 1 atom stereocenters. The molecule has 0 fully saturated rings. The first-order valence-electron chi connectivity index (χ1n) is 10.8. The monoisotopic (exact) mass is 429 g/mol. The minimum absolute atomic E-state index is 0.0344. The Morgan fingerprint density at radius 1 is 1.10 bits per heavy atom. The number of aliphatic hydroxyl groups is 1. The van der Waals surface area contributed by atoms with Crippen molar-refractivity contribution in [2.75, 3.05) is 13.2 Å². The molecule has 0 saturated heterocycles. The predicted molar refractivity (Wildman–Crippen MR) is 129 cm³/mol. The van der Waals surface area contributed by atoms with E-state index in [0.29, 0.717) is 26.2 Å². The summed E-state index contributed by atoms with van der Waals surface area (Å²) in [4.78, 5) is 11.7. The number of carbonyl (C=O) groups excluding carboxylic acids is 1. The second-order valence-electron chi connectivity index (χ2n) is 6.70. The molecule has 0 aromatic heterocycles. The number of benzene rings is 2. The Morgan fingerprint density at radius 3 is 2.19 bits per heavy atom. The van der Waals surface area contributed by atoms with Gasteiger partial charge in [-0.05, 0) is 68.6 Å². The van der Waals surface area contributed by atoms with E-state index < -0.39 is 0 Å². The summed E-state index contributed by atoms with van der Waals surface area (Å²) in [6.07, 6.45) is 2.85. The Hall–Kier alpha value is -2.79. The molecule has 0 radical (unpaired) electrons. The van der Waals surface area contributed by atoms with Crippen LogP contribution in [0.4, 0.5) is 0 Å². The van der Waals surface area contributed by atoms with Crippen molar-refractivity contribution >= 4 is 5.97 Å². The van der Waals surface area contributed by atoms with Crippen molar-refractivity contribution in [2.24, 2.45) is 5.73 Å². The van der Waals surface area contributed by atoms with Crippen LogP contribution >= 0.6 is 0 Å². The molecule has 0 heterocycles. The number of rotatable bonds is 8. The summed E-state index contributed by atoms with van der Waals surface area (Å²) in [5.74, 6) is 0.551. The van der Waals surface area contributed by atoms with Gasteiger partial charge in [-0.25, -0.2) is 0 Å². The summed E-state index contributed by atoms with van der Waals surface area (Å²) in [5.41, 5.74) is 10.5. The third kappa shape index (κ3) is 11.2. The smallest absolute Gasteiger partial charge is 0.306 e. The highest BCUT2D eigenvalue weighted by Crippen LogP contribution is 2.23. The van der Waals surface area contributed by atoms with E-state index in [1.807, 2.05) is 38.1 Å². The van der Waals surface area contributed by atoms with Crippen LogP contribution in [0.5, 0.6) is 5.75 Å². The lowest BCUT2D eigenvalue weighted by Crippen LogP contribution is -2.18. The molecule has 0 aliphatic heterocycles. The second-order valence-corrected chi connectivity index (χ2v) is 6.70. The molecular formula is C26H39NO4. The maximum Gasteiger partial charge on any atom is 0.306 e. The Bertz CT molecular complexity index is 765. The van der Waals surface area contributed by atoms with Crippen molar-refractivity contribution in [3.8, 4) is 5.75 Å². The molecule has 0 aliphatic carbocycles. The minimum Gasteiger partial charge on any atom is -0.516 e. The SMILES string of the molecule is C/C=C\O.CC.CCOC(=O)CC(CN)c1ccc(OCc2ccc(C)c(C)c2)cc1. The van der Waals surface area contributed by atoms with Gasteiger partial charge in [-0.15, -0.1) is 0 Å². The van der Waals surface area contributed by atoms with Gasteiger partial charge in [0, 0.05) is 5.92 Å².